The summed E-state index contributed by atoms with van der Waals surface area (Å²) in [5, 5.41) is 21.1. The predicted octanol–water partition coefficient (Wildman–Crippen LogP) is -0.659. The summed E-state index contributed by atoms with van der Waals surface area (Å²) in [5.41, 5.74) is 0.761. The lowest BCUT2D eigenvalue weighted by Gasteiger charge is -2.28. The van der Waals surface area contributed by atoms with Crippen LogP contribution < -0.4 is 26.0 Å². The normalized spacial score (nSPS) is 16.7. The van der Waals surface area contributed by atoms with E-state index in [0.717, 1.165) is 12.0 Å². The number of aliphatic hydroxyl groups is 1. The van der Waals surface area contributed by atoms with E-state index in [1.165, 1.54) is 7.05 Å². The van der Waals surface area contributed by atoms with Gasteiger partial charge in [-0.2, -0.15) is 0 Å². The van der Waals surface area contributed by atoms with Gasteiger partial charge in [-0.05, 0) is 31.0 Å². The molecule has 12 nitrogen and oxygen atoms in total. The van der Waals surface area contributed by atoms with Gasteiger partial charge in [-0.1, -0.05) is 31.9 Å². The number of methoxy groups -OCH3 is 1. The lowest BCUT2D eigenvalue weighted by molar-refractivity contribution is -0.134. The fourth-order valence-electron chi connectivity index (χ4n) is 4.17. The molecule has 0 radical (unpaired) electrons. The molecule has 1 aliphatic heterocycles. The van der Waals surface area contributed by atoms with E-state index < -0.39 is 42.0 Å². The Morgan fingerprint density at radius 3 is 2.28 bits per heavy atom. The third kappa shape index (κ3) is 10.8. The van der Waals surface area contributed by atoms with E-state index in [9.17, 15) is 24.3 Å². The van der Waals surface area contributed by atoms with Gasteiger partial charge in [-0.15, -0.1) is 0 Å². The number of nitrogens with one attached hydrogen (secondary N) is 4. The molecule has 1 aromatic rings. The highest BCUT2D eigenvalue weighted by Gasteiger charge is 2.31. The molecular formula is C27H43N5O7. The second kappa shape index (κ2) is 16.7. The quantitative estimate of drug-likeness (QED) is 0.193. The number of unbranched alkanes of at least 4 members (excludes halogenated alkanes) is 1. The third-order valence-electron chi connectivity index (χ3n) is 6.57. The number of likely N-dealkylation sites (N-methyl/N-ethyl adjacent to an activating group) is 1. The van der Waals surface area contributed by atoms with Crippen LogP contribution in [0.5, 0.6) is 5.75 Å². The van der Waals surface area contributed by atoms with Crippen LogP contribution in [0, 0.1) is 0 Å². The Hall–Kier alpha value is -3.22. The number of ether oxygens (including phenoxy) is 2. The highest BCUT2D eigenvalue weighted by atomic mass is 16.5. The van der Waals surface area contributed by atoms with Gasteiger partial charge in [-0.25, -0.2) is 0 Å². The van der Waals surface area contributed by atoms with E-state index in [2.05, 4.69) is 21.3 Å². The molecule has 1 heterocycles. The molecule has 1 aliphatic rings. The van der Waals surface area contributed by atoms with Crippen molar-refractivity contribution in [3.05, 3.63) is 29.8 Å². The van der Waals surface area contributed by atoms with Crippen LogP contribution in [0.4, 0.5) is 0 Å². The second-order valence-electron chi connectivity index (χ2n) is 9.61. The van der Waals surface area contributed by atoms with Crippen LogP contribution in [0.1, 0.15) is 38.7 Å². The van der Waals surface area contributed by atoms with Crippen molar-refractivity contribution in [2.24, 2.45) is 0 Å². The molecule has 0 saturated carbocycles. The average Bonchev–Trinajstić information content (AvgIpc) is 2.94. The molecule has 2 rings (SSSR count). The van der Waals surface area contributed by atoms with Crippen molar-refractivity contribution in [2.45, 2.75) is 63.8 Å². The molecule has 5 N–H and O–H groups in total. The largest absolute Gasteiger partial charge is 0.497 e. The van der Waals surface area contributed by atoms with Gasteiger partial charge in [0.1, 0.15) is 17.8 Å². The van der Waals surface area contributed by atoms with E-state index in [0.29, 0.717) is 44.9 Å². The molecule has 0 spiro atoms. The molecule has 0 bridgehead atoms. The van der Waals surface area contributed by atoms with Crippen molar-refractivity contribution in [1.29, 1.82) is 0 Å². The summed E-state index contributed by atoms with van der Waals surface area (Å²) in [6.07, 6.45) is 0.572. The number of carbonyl (C=O) groups is 4. The number of benzene rings is 1. The summed E-state index contributed by atoms with van der Waals surface area (Å²) < 4.78 is 10.5. The van der Waals surface area contributed by atoms with E-state index in [-0.39, 0.29) is 18.9 Å². The lowest BCUT2D eigenvalue weighted by atomic mass is 10.0. The Balaban J connectivity index is 2.13. The van der Waals surface area contributed by atoms with Crippen LogP contribution in [-0.4, -0.2) is 105 Å². The SMILES string of the molecule is CCCCC(NC(=O)[C@H](Cc1ccc(OC)cc1)NC(=O)[C@H](C)NC(=O)CN1CCOCC1)C(O)C(=O)NC. The number of amides is 4. The average molecular weight is 550 g/mol. The summed E-state index contributed by atoms with van der Waals surface area (Å²) in [5.74, 6) is -1.34. The van der Waals surface area contributed by atoms with E-state index in [1.807, 2.05) is 11.8 Å². The van der Waals surface area contributed by atoms with Crippen LogP contribution >= 0.6 is 0 Å². The Labute approximate surface area is 230 Å². The van der Waals surface area contributed by atoms with E-state index in [4.69, 9.17) is 9.47 Å². The van der Waals surface area contributed by atoms with Gasteiger partial charge >= 0.3 is 0 Å². The molecule has 2 unspecified atom stereocenters. The van der Waals surface area contributed by atoms with Crippen molar-refractivity contribution in [3.8, 4) is 5.75 Å². The molecule has 218 valence electrons. The fraction of sp³-hybridized carbons (Fsp3) is 0.630. The van der Waals surface area contributed by atoms with Crippen LogP contribution in [0.2, 0.25) is 0 Å². The molecule has 4 amide bonds. The maximum Gasteiger partial charge on any atom is 0.250 e. The van der Waals surface area contributed by atoms with Gasteiger partial charge in [0.2, 0.25) is 17.7 Å². The van der Waals surface area contributed by atoms with Crippen LogP contribution in [0.3, 0.4) is 0 Å². The van der Waals surface area contributed by atoms with Crippen LogP contribution in [0.15, 0.2) is 24.3 Å². The standard InChI is InChI=1S/C27H43N5O7/c1-5-6-7-21(24(34)27(37)28-3)30-26(36)22(16-19-8-10-20(38-4)11-9-19)31-25(35)18(2)29-23(33)17-32-12-14-39-15-13-32/h8-11,18,21-22,24,34H,5-7,12-17H2,1-4H3,(H,28,37)(H,29,33)(H,30,36)(H,31,35)/t18-,21?,22-,24?/m0/s1. The van der Waals surface area contributed by atoms with E-state index in [1.54, 1.807) is 38.3 Å². The Kier molecular flexibility index (Phi) is 13.7. The Bertz CT molecular complexity index is 937. The molecular weight excluding hydrogens is 506 g/mol. The molecule has 39 heavy (non-hydrogen) atoms. The van der Waals surface area contributed by atoms with Gasteiger partial charge in [0.05, 0.1) is 32.9 Å². The monoisotopic (exact) mass is 549 g/mol. The smallest absolute Gasteiger partial charge is 0.250 e. The first-order valence-corrected chi connectivity index (χ1v) is 13.4. The fourth-order valence-corrected chi connectivity index (χ4v) is 4.17. The zero-order valence-electron chi connectivity index (χ0n) is 23.3. The number of nitrogens with zero attached hydrogens (tertiary/aromatic N) is 1. The molecule has 1 saturated heterocycles. The topological polar surface area (TPSA) is 158 Å². The van der Waals surface area contributed by atoms with E-state index >= 15 is 0 Å². The van der Waals surface area contributed by atoms with Crippen molar-refractivity contribution in [1.82, 2.24) is 26.2 Å². The number of hydrogen-bond donors (Lipinski definition) is 5. The summed E-state index contributed by atoms with van der Waals surface area (Å²) >= 11 is 0. The first-order valence-electron chi connectivity index (χ1n) is 13.4. The molecule has 1 fully saturated rings. The maximum atomic E-state index is 13.4. The van der Waals surface area contributed by atoms with Gasteiger partial charge in [-0.3, -0.25) is 24.1 Å². The highest BCUT2D eigenvalue weighted by molar-refractivity contribution is 5.92. The molecule has 1 aromatic carbocycles. The molecule has 0 aromatic heterocycles. The van der Waals surface area contributed by atoms with Crippen molar-refractivity contribution < 1.29 is 33.8 Å². The van der Waals surface area contributed by atoms with Crippen molar-refractivity contribution >= 4 is 23.6 Å². The summed E-state index contributed by atoms with van der Waals surface area (Å²) in [6.45, 7) is 6.05. The number of hydrogen-bond acceptors (Lipinski definition) is 8. The van der Waals surface area contributed by atoms with Crippen LogP contribution in [-0.2, 0) is 30.3 Å². The molecule has 4 atom stereocenters. The number of carbonyl (C=O) groups excluding carboxylic acids is 4. The summed E-state index contributed by atoms with van der Waals surface area (Å²) in [7, 11) is 2.96. The Morgan fingerprint density at radius 1 is 1.03 bits per heavy atom. The summed E-state index contributed by atoms with van der Waals surface area (Å²) in [4.78, 5) is 53.0. The Morgan fingerprint density at radius 2 is 1.69 bits per heavy atom. The lowest BCUT2D eigenvalue weighted by Crippen LogP contribution is -2.58. The maximum absolute atomic E-state index is 13.4. The molecule has 0 aliphatic carbocycles. The van der Waals surface area contributed by atoms with Crippen molar-refractivity contribution in [3.63, 3.8) is 0 Å². The minimum absolute atomic E-state index is 0.145. The minimum Gasteiger partial charge on any atom is -0.497 e. The number of morpholine rings is 1. The molecule has 12 heteroatoms. The first kappa shape index (κ1) is 32.0. The highest BCUT2D eigenvalue weighted by Crippen LogP contribution is 2.14. The minimum atomic E-state index is -1.44. The zero-order valence-corrected chi connectivity index (χ0v) is 23.3. The van der Waals surface area contributed by atoms with Gasteiger partial charge < -0.3 is 35.8 Å². The van der Waals surface area contributed by atoms with Crippen LogP contribution in [0.25, 0.3) is 0 Å². The van der Waals surface area contributed by atoms with Gasteiger partial charge in [0.25, 0.3) is 5.91 Å². The zero-order chi connectivity index (χ0) is 28.8. The first-order chi connectivity index (χ1) is 18.7. The third-order valence-corrected chi connectivity index (χ3v) is 6.57. The second-order valence-corrected chi connectivity index (χ2v) is 9.61. The number of aliphatic hydroxyl groups excluding tert-OH is 1. The summed E-state index contributed by atoms with van der Waals surface area (Å²) in [6, 6.07) is 4.32. The predicted molar refractivity (Wildman–Crippen MR) is 145 cm³/mol. The number of rotatable bonds is 15. The van der Waals surface area contributed by atoms with Gasteiger partial charge in [0.15, 0.2) is 6.10 Å². The van der Waals surface area contributed by atoms with Crippen molar-refractivity contribution in [2.75, 3.05) is 47.0 Å². The van der Waals surface area contributed by atoms with Gasteiger partial charge in [0, 0.05) is 26.6 Å².